The van der Waals surface area contributed by atoms with Gasteiger partial charge in [-0.05, 0) is 6.92 Å². The van der Waals surface area contributed by atoms with Gasteiger partial charge in [-0.15, -0.1) is 11.3 Å². The summed E-state index contributed by atoms with van der Waals surface area (Å²) >= 11 is 1.64. The number of imidazole rings is 1. The lowest BCUT2D eigenvalue weighted by molar-refractivity contribution is -0.105. The monoisotopic (exact) mass is 181 g/mol. The topological polar surface area (TPSA) is 46.4 Å². The molecule has 2 heterocycles. The van der Waals surface area contributed by atoms with E-state index in [1.54, 1.807) is 17.5 Å². The third-order valence-corrected chi connectivity index (χ3v) is 2.47. The fourth-order valence-electron chi connectivity index (χ4n) is 1.08. The van der Waals surface area contributed by atoms with E-state index in [1.807, 2.05) is 17.5 Å². The summed E-state index contributed by atoms with van der Waals surface area (Å²) in [5, 5.41) is 2.52. The van der Waals surface area contributed by atoms with Crippen molar-refractivity contribution >= 4 is 28.5 Å². The van der Waals surface area contributed by atoms with E-state index in [9.17, 15) is 4.79 Å². The highest BCUT2D eigenvalue weighted by atomic mass is 32.1. The Labute approximate surface area is 72.9 Å². The van der Waals surface area contributed by atoms with Crippen molar-refractivity contribution in [1.29, 1.82) is 0 Å². The van der Waals surface area contributed by atoms with Crippen molar-refractivity contribution in [3.8, 4) is 0 Å². The van der Waals surface area contributed by atoms with E-state index in [1.165, 1.54) is 4.88 Å². The van der Waals surface area contributed by atoms with Crippen LogP contribution in [0.15, 0.2) is 12.4 Å². The molecule has 1 N–H and O–H groups in total. The van der Waals surface area contributed by atoms with Crippen LogP contribution in [-0.2, 0) is 4.79 Å². The molecule has 1 amide bonds. The molecular weight excluding hydrogens is 174 g/mol. The molecule has 4 nitrogen and oxygen atoms in total. The molecule has 2 rings (SSSR count). The minimum Gasteiger partial charge on any atom is -0.298 e. The lowest BCUT2D eigenvalue weighted by atomic mass is 10.6. The van der Waals surface area contributed by atoms with Gasteiger partial charge in [-0.25, -0.2) is 4.98 Å². The number of nitrogens with one attached hydrogen (secondary N) is 1. The maximum Gasteiger partial charge on any atom is 0.214 e. The second kappa shape index (κ2) is 2.60. The van der Waals surface area contributed by atoms with Crippen molar-refractivity contribution in [1.82, 2.24) is 9.38 Å². The number of nitrogens with zero attached hydrogens (tertiary/aromatic N) is 2. The van der Waals surface area contributed by atoms with Gasteiger partial charge in [0.2, 0.25) is 12.4 Å². The van der Waals surface area contributed by atoms with Crippen LogP contribution in [0.25, 0.3) is 4.83 Å². The van der Waals surface area contributed by atoms with Gasteiger partial charge in [-0.1, -0.05) is 0 Å². The highest BCUT2D eigenvalue weighted by Crippen LogP contribution is 2.20. The fraction of sp³-hybridized carbons (Fsp3) is 0.143. The van der Waals surface area contributed by atoms with Crippen LogP contribution in [0.3, 0.4) is 0 Å². The van der Waals surface area contributed by atoms with Gasteiger partial charge in [-0.2, -0.15) is 0 Å². The predicted molar refractivity (Wildman–Crippen MR) is 47.5 cm³/mol. The van der Waals surface area contributed by atoms with E-state index in [0.717, 1.165) is 4.83 Å². The normalized spacial score (nSPS) is 10.4. The second-order valence-corrected chi connectivity index (χ2v) is 3.66. The number of hydrogen-bond acceptors (Lipinski definition) is 3. The van der Waals surface area contributed by atoms with Crippen LogP contribution in [0.1, 0.15) is 4.88 Å². The zero-order valence-electron chi connectivity index (χ0n) is 6.44. The smallest absolute Gasteiger partial charge is 0.214 e. The van der Waals surface area contributed by atoms with Gasteiger partial charge in [0.05, 0.1) is 6.20 Å². The quantitative estimate of drug-likeness (QED) is 0.709. The molecule has 2 aromatic rings. The van der Waals surface area contributed by atoms with Crippen molar-refractivity contribution in [2.24, 2.45) is 0 Å². The van der Waals surface area contributed by atoms with Gasteiger partial charge in [0, 0.05) is 11.1 Å². The number of aryl methyl sites for hydroxylation is 1. The van der Waals surface area contributed by atoms with Crippen LogP contribution in [-0.4, -0.2) is 15.8 Å². The maximum atomic E-state index is 10.2. The summed E-state index contributed by atoms with van der Waals surface area (Å²) in [6.45, 7) is 2.02. The molecule has 12 heavy (non-hydrogen) atoms. The van der Waals surface area contributed by atoms with Crippen LogP contribution in [0.5, 0.6) is 0 Å². The number of thiazole rings is 1. The van der Waals surface area contributed by atoms with E-state index in [0.29, 0.717) is 12.4 Å². The highest BCUT2D eigenvalue weighted by molar-refractivity contribution is 7.17. The van der Waals surface area contributed by atoms with Crippen LogP contribution >= 0.6 is 11.3 Å². The average Bonchev–Trinajstić information content (AvgIpc) is 2.52. The Morgan fingerprint density at radius 2 is 2.58 bits per heavy atom. The van der Waals surface area contributed by atoms with E-state index >= 15 is 0 Å². The first-order valence-corrected chi connectivity index (χ1v) is 4.26. The summed E-state index contributed by atoms with van der Waals surface area (Å²) in [5.74, 6) is 0.573. The van der Waals surface area contributed by atoms with Crippen molar-refractivity contribution in [2.45, 2.75) is 6.92 Å². The fourth-order valence-corrected chi connectivity index (χ4v) is 1.91. The molecule has 0 aromatic carbocycles. The molecule has 0 atom stereocenters. The van der Waals surface area contributed by atoms with Gasteiger partial charge >= 0.3 is 0 Å². The van der Waals surface area contributed by atoms with Gasteiger partial charge in [0.15, 0.2) is 0 Å². The summed E-state index contributed by atoms with van der Waals surface area (Å²) in [4.78, 5) is 16.4. The third-order valence-electron chi connectivity index (χ3n) is 1.53. The van der Waals surface area contributed by atoms with Crippen LogP contribution in [0, 0.1) is 6.92 Å². The Bertz CT molecular complexity index is 417. The molecule has 62 valence electrons. The summed E-state index contributed by atoms with van der Waals surface area (Å²) < 4.78 is 1.86. The van der Waals surface area contributed by atoms with Gasteiger partial charge in [-0.3, -0.25) is 14.5 Å². The lowest BCUT2D eigenvalue weighted by Gasteiger charge is -1.91. The van der Waals surface area contributed by atoms with E-state index in [2.05, 4.69) is 10.3 Å². The molecular formula is C7H7N3OS. The Kier molecular flexibility index (Phi) is 1.58. The first-order chi connectivity index (χ1) is 5.81. The maximum absolute atomic E-state index is 10.2. The number of rotatable bonds is 2. The summed E-state index contributed by atoms with van der Waals surface area (Å²) in [6, 6.07) is 0. The predicted octanol–water partition coefficient (Wildman–Crippen LogP) is 1.27. The van der Waals surface area contributed by atoms with Gasteiger partial charge in [0.1, 0.15) is 4.83 Å². The Morgan fingerprint density at radius 3 is 3.33 bits per heavy atom. The lowest BCUT2D eigenvalue weighted by Crippen LogP contribution is -1.97. The summed E-state index contributed by atoms with van der Waals surface area (Å²) in [5.41, 5.74) is 0. The molecule has 0 saturated carbocycles. The molecule has 2 aromatic heterocycles. The second-order valence-electron chi connectivity index (χ2n) is 2.39. The van der Waals surface area contributed by atoms with E-state index < -0.39 is 0 Å². The zero-order chi connectivity index (χ0) is 8.55. The molecule has 0 saturated heterocycles. The SMILES string of the molecule is Cc1cn2c(NC=O)ncc2s1. The van der Waals surface area contributed by atoms with Crippen molar-refractivity contribution in [2.75, 3.05) is 5.32 Å². The molecule has 0 bridgehead atoms. The zero-order valence-corrected chi connectivity index (χ0v) is 7.26. The first-order valence-electron chi connectivity index (χ1n) is 3.45. The summed E-state index contributed by atoms with van der Waals surface area (Å²) in [6.07, 6.45) is 4.31. The Hall–Kier alpha value is -1.36. The number of aromatic nitrogens is 2. The van der Waals surface area contributed by atoms with Gasteiger partial charge in [0.25, 0.3) is 0 Å². The average molecular weight is 181 g/mol. The molecule has 0 fully saturated rings. The number of anilines is 1. The molecule has 0 aliphatic heterocycles. The third kappa shape index (κ3) is 0.984. The standard InChI is InChI=1S/C7H7N3OS/c1-5-3-10-6(12-5)2-8-7(10)9-4-11/h2-4H,1H3,(H,8,9,11). The minimum atomic E-state index is 0.573. The molecule has 0 aliphatic carbocycles. The van der Waals surface area contributed by atoms with Crippen LogP contribution in [0.4, 0.5) is 5.95 Å². The van der Waals surface area contributed by atoms with Gasteiger partial charge < -0.3 is 0 Å². The first kappa shape index (κ1) is 7.30. The minimum absolute atomic E-state index is 0.573. The number of carbonyl (C=O) groups excluding carboxylic acids is 1. The van der Waals surface area contributed by atoms with E-state index in [4.69, 9.17) is 0 Å². The van der Waals surface area contributed by atoms with Crippen LogP contribution < -0.4 is 5.32 Å². The molecule has 0 radical (unpaired) electrons. The highest BCUT2D eigenvalue weighted by Gasteiger charge is 2.03. The van der Waals surface area contributed by atoms with Crippen LogP contribution in [0.2, 0.25) is 0 Å². The summed E-state index contributed by atoms with van der Waals surface area (Å²) in [7, 11) is 0. The Balaban J connectivity index is 2.60. The Morgan fingerprint density at radius 1 is 1.75 bits per heavy atom. The molecule has 0 aliphatic rings. The van der Waals surface area contributed by atoms with Crippen molar-refractivity contribution in [3.05, 3.63) is 17.3 Å². The van der Waals surface area contributed by atoms with Crippen molar-refractivity contribution in [3.63, 3.8) is 0 Å². The largest absolute Gasteiger partial charge is 0.298 e. The number of hydrogen-bond donors (Lipinski definition) is 1. The molecule has 5 heteroatoms. The number of amides is 1. The number of fused-ring (bicyclic) bond motifs is 1. The molecule has 0 spiro atoms. The number of carbonyl (C=O) groups is 1. The molecule has 0 unspecified atom stereocenters. The van der Waals surface area contributed by atoms with E-state index in [-0.39, 0.29) is 0 Å². The van der Waals surface area contributed by atoms with Crippen molar-refractivity contribution < 1.29 is 4.79 Å².